The summed E-state index contributed by atoms with van der Waals surface area (Å²) in [5.74, 6) is -1.21. The lowest BCUT2D eigenvalue weighted by molar-refractivity contribution is 0.0696. The highest BCUT2D eigenvalue weighted by atomic mass is 35.7. The van der Waals surface area contributed by atoms with Crippen molar-refractivity contribution >= 4 is 25.7 Å². The molecular weight excluding hydrogens is 288 g/mol. The lowest BCUT2D eigenvalue weighted by Gasteiger charge is -2.06. The molecule has 0 bridgehead atoms. The standard InChI is InChI=1S/C13H9ClO4S/c14-19(17,18)12-7-10(6-11(8-12)13(15)16)9-4-2-1-3-5-9/h1-8H,(H,15,16). The van der Waals surface area contributed by atoms with Crippen LogP contribution in [-0.2, 0) is 9.05 Å². The van der Waals surface area contributed by atoms with Gasteiger partial charge in [0.1, 0.15) is 0 Å². The number of carboxylic acid groups (broad SMARTS) is 1. The van der Waals surface area contributed by atoms with Gasteiger partial charge in [-0.1, -0.05) is 30.3 Å². The number of halogens is 1. The third kappa shape index (κ3) is 3.13. The van der Waals surface area contributed by atoms with Crippen molar-refractivity contribution in [1.29, 1.82) is 0 Å². The number of aromatic carboxylic acids is 1. The summed E-state index contributed by atoms with van der Waals surface area (Å²) in [5, 5.41) is 9.01. The number of hydrogen-bond acceptors (Lipinski definition) is 3. The lowest BCUT2D eigenvalue weighted by atomic mass is 10.0. The summed E-state index contributed by atoms with van der Waals surface area (Å²) in [7, 11) is 1.29. The summed E-state index contributed by atoms with van der Waals surface area (Å²) >= 11 is 0. The topological polar surface area (TPSA) is 71.4 Å². The Bertz CT molecular complexity index is 724. The molecule has 0 spiro atoms. The molecule has 0 fully saturated rings. The highest BCUT2D eigenvalue weighted by Gasteiger charge is 2.15. The molecule has 1 N–H and O–H groups in total. The van der Waals surface area contributed by atoms with E-state index in [2.05, 4.69) is 0 Å². The van der Waals surface area contributed by atoms with Crippen LogP contribution in [0.25, 0.3) is 11.1 Å². The molecule has 0 aliphatic heterocycles. The van der Waals surface area contributed by atoms with Gasteiger partial charge in [-0.05, 0) is 29.3 Å². The van der Waals surface area contributed by atoms with Crippen molar-refractivity contribution in [3.63, 3.8) is 0 Å². The van der Waals surface area contributed by atoms with E-state index in [1.54, 1.807) is 24.3 Å². The van der Waals surface area contributed by atoms with Crippen LogP contribution in [0.5, 0.6) is 0 Å². The van der Waals surface area contributed by atoms with Gasteiger partial charge in [0.15, 0.2) is 0 Å². The second-order valence-electron chi connectivity index (χ2n) is 3.86. The number of carbonyl (C=O) groups is 1. The first-order valence-electron chi connectivity index (χ1n) is 5.26. The van der Waals surface area contributed by atoms with Gasteiger partial charge in [-0.15, -0.1) is 0 Å². The fourth-order valence-corrected chi connectivity index (χ4v) is 2.46. The molecule has 0 saturated heterocycles. The van der Waals surface area contributed by atoms with E-state index in [4.69, 9.17) is 15.8 Å². The maximum Gasteiger partial charge on any atom is 0.335 e. The van der Waals surface area contributed by atoms with E-state index in [9.17, 15) is 13.2 Å². The third-order valence-corrected chi connectivity index (χ3v) is 3.88. The SMILES string of the molecule is O=C(O)c1cc(-c2ccccc2)cc(S(=O)(=O)Cl)c1. The van der Waals surface area contributed by atoms with E-state index in [0.29, 0.717) is 11.1 Å². The van der Waals surface area contributed by atoms with Crippen LogP contribution < -0.4 is 0 Å². The predicted molar refractivity (Wildman–Crippen MR) is 71.9 cm³/mol. The molecule has 0 radical (unpaired) electrons. The van der Waals surface area contributed by atoms with Crippen LogP contribution in [0, 0.1) is 0 Å². The quantitative estimate of drug-likeness (QED) is 0.884. The first-order valence-corrected chi connectivity index (χ1v) is 7.57. The fraction of sp³-hybridized carbons (Fsp3) is 0. The average molecular weight is 297 g/mol. The number of rotatable bonds is 3. The van der Waals surface area contributed by atoms with Gasteiger partial charge in [-0.2, -0.15) is 0 Å². The van der Waals surface area contributed by atoms with Crippen LogP contribution >= 0.6 is 10.7 Å². The van der Waals surface area contributed by atoms with Crippen molar-refractivity contribution in [3.05, 3.63) is 54.1 Å². The molecule has 6 heteroatoms. The van der Waals surface area contributed by atoms with Gasteiger partial charge in [0.2, 0.25) is 0 Å². The van der Waals surface area contributed by atoms with Crippen molar-refractivity contribution in [2.45, 2.75) is 4.90 Å². The molecule has 19 heavy (non-hydrogen) atoms. The maximum atomic E-state index is 11.4. The molecule has 0 aliphatic carbocycles. The maximum absolute atomic E-state index is 11.4. The zero-order chi connectivity index (χ0) is 14.0. The second-order valence-corrected chi connectivity index (χ2v) is 6.42. The first kappa shape index (κ1) is 13.6. The Balaban J connectivity index is 2.69. The van der Waals surface area contributed by atoms with E-state index in [1.807, 2.05) is 6.07 Å². The van der Waals surface area contributed by atoms with Gasteiger partial charge in [-0.3, -0.25) is 0 Å². The van der Waals surface area contributed by atoms with E-state index >= 15 is 0 Å². The van der Waals surface area contributed by atoms with Gasteiger partial charge in [0, 0.05) is 10.7 Å². The zero-order valence-electron chi connectivity index (χ0n) is 9.58. The van der Waals surface area contributed by atoms with Crippen LogP contribution in [0.2, 0.25) is 0 Å². The Morgan fingerprint density at radius 3 is 2.16 bits per heavy atom. The van der Waals surface area contributed by atoms with Crippen molar-refractivity contribution in [3.8, 4) is 11.1 Å². The highest BCUT2D eigenvalue weighted by Crippen LogP contribution is 2.26. The Kier molecular flexibility index (Phi) is 3.59. The third-order valence-electron chi connectivity index (χ3n) is 2.54. The predicted octanol–water partition coefficient (Wildman–Crippen LogP) is 2.98. The molecule has 2 aromatic carbocycles. The molecule has 0 unspecified atom stereocenters. The number of benzene rings is 2. The van der Waals surface area contributed by atoms with Crippen LogP contribution in [-0.4, -0.2) is 19.5 Å². The fourth-order valence-electron chi connectivity index (χ4n) is 1.66. The summed E-state index contributed by atoms with van der Waals surface area (Å²) in [6, 6.07) is 12.7. The normalized spacial score (nSPS) is 11.2. The Morgan fingerprint density at radius 1 is 1.00 bits per heavy atom. The molecule has 98 valence electrons. The summed E-state index contributed by atoms with van der Waals surface area (Å²) in [4.78, 5) is 10.8. The van der Waals surface area contributed by atoms with Crippen molar-refractivity contribution in [2.75, 3.05) is 0 Å². The molecule has 2 aromatic rings. The molecule has 0 aromatic heterocycles. The molecule has 0 amide bonds. The molecule has 0 heterocycles. The van der Waals surface area contributed by atoms with Crippen LogP contribution in [0.3, 0.4) is 0 Å². The molecule has 0 aliphatic rings. The minimum absolute atomic E-state index is 0.124. The Morgan fingerprint density at radius 2 is 1.63 bits per heavy atom. The Labute approximate surface area is 114 Å². The van der Waals surface area contributed by atoms with Crippen LogP contribution in [0.1, 0.15) is 10.4 Å². The van der Waals surface area contributed by atoms with E-state index in [0.717, 1.165) is 6.07 Å². The minimum atomic E-state index is -3.98. The molecule has 2 rings (SSSR count). The van der Waals surface area contributed by atoms with Gasteiger partial charge < -0.3 is 5.11 Å². The summed E-state index contributed by atoms with van der Waals surface area (Å²) in [5.41, 5.74) is 1.08. The zero-order valence-corrected chi connectivity index (χ0v) is 11.1. The van der Waals surface area contributed by atoms with Crippen LogP contribution in [0.15, 0.2) is 53.4 Å². The molecular formula is C13H9ClO4S. The van der Waals surface area contributed by atoms with E-state index < -0.39 is 15.0 Å². The lowest BCUT2D eigenvalue weighted by Crippen LogP contribution is -2.00. The highest BCUT2D eigenvalue weighted by molar-refractivity contribution is 8.13. The van der Waals surface area contributed by atoms with Crippen molar-refractivity contribution in [2.24, 2.45) is 0 Å². The van der Waals surface area contributed by atoms with Crippen molar-refractivity contribution in [1.82, 2.24) is 0 Å². The molecule has 0 atom stereocenters. The van der Waals surface area contributed by atoms with Gasteiger partial charge >= 0.3 is 5.97 Å². The first-order chi connectivity index (χ1) is 8.88. The largest absolute Gasteiger partial charge is 0.478 e. The summed E-state index contributed by atoms with van der Waals surface area (Å²) in [6.45, 7) is 0. The van der Waals surface area contributed by atoms with Gasteiger partial charge in [-0.25, -0.2) is 13.2 Å². The average Bonchev–Trinajstić information content (AvgIpc) is 2.38. The minimum Gasteiger partial charge on any atom is -0.478 e. The summed E-state index contributed by atoms with van der Waals surface area (Å²) in [6.07, 6.45) is 0. The monoisotopic (exact) mass is 296 g/mol. The van der Waals surface area contributed by atoms with Crippen molar-refractivity contribution < 1.29 is 18.3 Å². The molecule has 4 nitrogen and oxygen atoms in total. The number of carboxylic acids is 1. The van der Waals surface area contributed by atoms with E-state index in [-0.39, 0.29) is 10.5 Å². The smallest absolute Gasteiger partial charge is 0.335 e. The van der Waals surface area contributed by atoms with E-state index in [1.165, 1.54) is 12.1 Å². The van der Waals surface area contributed by atoms with Crippen LogP contribution in [0.4, 0.5) is 0 Å². The Hall–Kier alpha value is -1.85. The molecule has 0 saturated carbocycles. The number of hydrogen-bond donors (Lipinski definition) is 1. The summed E-state index contributed by atoms with van der Waals surface area (Å²) < 4.78 is 22.7. The van der Waals surface area contributed by atoms with Gasteiger partial charge in [0.25, 0.3) is 9.05 Å². The van der Waals surface area contributed by atoms with Gasteiger partial charge in [0.05, 0.1) is 10.5 Å². The second kappa shape index (κ2) is 5.03.